The van der Waals surface area contributed by atoms with Crippen LogP contribution in [0.2, 0.25) is 0 Å². The quantitative estimate of drug-likeness (QED) is 0.232. The molecular formula is C28H29F4N3O6. The SMILES string of the molecule is COc1cc(C(=O)NC[C@](O)(c2cc3c(c(-c4ccc(F)cc4)n2)NC[C@]3(C)CO)C(F)(F)F)ccc1OCCO. The lowest BCUT2D eigenvalue weighted by atomic mass is 9.83. The summed E-state index contributed by atoms with van der Waals surface area (Å²) in [6.45, 7) is -0.203. The van der Waals surface area contributed by atoms with Gasteiger partial charge < -0.3 is 35.4 Å². The van der Waals surface area contributed by atoms with Crippen molar-refractivity contribution in [2.45, 2.75) is 24.1 Å². The number of methoxy groups -OCH3 is 1. The first-order chi connectivity index (χ1) is 19.4. The van der Waals surface area contributed by atoms with E-state index in [1.165, 1.54) is 37.4 Å². The molecule has 2 heterocycles. The highest BCUT2D eigenvalue weighted by atomic mass is 19.4. The zero-order chi connectivity index (χ0) is 30.0. The van der Waals surface area contributed by atoms with Crippen molar-refractivity contribution in [3.63, 3.8) is 0 Å². The number of anilines is 1. The molecule has 13 heteroatoms. The van der Waals surface area contributed by atoms with Crippen LogP contribution in [-0.2, 0) is 11.0 Å². The highest BCUT2D eigenvalue weighted by Crippen LogP contribution is 2.46. The summed E-state index contributed by atoms with van der Waals surface area (Å²) in [7, 11) is 1.30. The lowest BCUT2D eigenvalue weighted by molar-refractivity contribution is -0.265. The summed E-state index contributed by atoms with van der Waals surface area (Å²) in [4.78, 5) is 17.0. The van der Waals surface area contributed by atoms with Crippen LogP contribution in [0.25, 0.3) is 11.3 Å². The monoisotopic (exact) mass is 579 g/mol. The molecule has 0 unspecified atom stereocenters. The number of alkyl halides is 3. The fourth-order valence-corrected chi connectivity index (χ4v) is 4.48. The number of benzene rings is 2. The van der Waals surface area contributed by atoms with E-state index in [4.69, 9.17) is 14.6 Å². The Kier molecular flexibility index (Phi) is 8.43. The molecule has 0 bridgehead atoms. The molecule has 0 fully saturated rings. The molecule has 9 nitrogen and oxygen atoms in total. The van der Waals surface area contributed by atoms with Crippen LogP contribution in [0.15, 0.2) is 48.5 Å². The number of amides is 1. The van der Waals surface area contributed by atoms with E-state index >= 15 is 0 Å². The summed E-state index contributed by atoms with van der Waals surface area (Å²) in [5.74, 6) is -1.19. The van der Waals surface area contributed by atoms with E-state index in [-0.39, 0.29) is 53.6 Å². The molecule has 4 rings (SSSR count). The van der Waals surface area contributed by atoms with Crippen molar-refractivity contribution in [3.8, 4) is 22.8 Å². The first-order valence-corrected chi connectivity index (χ1v) is 12.5. The molecule has 5 N–H and O–H groups in total. The van der Waals surface area contributed by atoms with E-state index in [0.717, 1.165) is 18.2 Å². The Labute approximate surface area is 232 Å². The third kappa shape index (κ3) is 5.78. The van der Waals surface area contributed by atoms with Gasteiger partial charge >= 0.3 is 6.18 Å². The van der Waals surface area contributed by atoms with Gasteiger partial charge in [0.15, 0.2) is 11.5 Å². The number of nitrogens with one attached hydrogen (secondary N) is 2. The Morgan fingerprint density at radius 1 is 1.12 bits per heavy atom. The minimum absolute atomic E-state index is 0.0203. The summed E-state index contributed by atoms with van der Waals surface area (Å²) in [5.41, 5.74) is -4.60. The number of pyridine rings is 1. The highest BCUT2D eigenvalue weighted by molar-refractivity contribution is 5.95. The Balaban J connectivity index is 1.73. The van der Waals surface area contributed by atoms with E-state index < -0.39 is 47.8 Å². The van der Waals surface area contributed by atoms with Crippen LogP contribution in [0.5, 0.6) is 11.5 Å². The van der Waals surface area contributed by atoms with Gasteiger partial charge in [-0.25, -0.2) is 9.37 Å². The lowest BCUT2D eigenvalue weighted by Gasteiger charge is -2.32. The van der Waals surface area contributed by atoms with Crippen LogP contribution in [0.4, 0.5) is 23.2 Å². The van der Waals surface area contributed by atoms with Crippen molar-refractivity contribution in [3.05, 3.63) is 71.2 Å². The molecular weight excluding hydrogens is 550 g/mol. The Morgan fingerprint density at radius 3 is 2.44 bits per heavy atom. The predicted molar refractivity (Wildman–Crippen MR) is 140 cm³/mol. The average molecular weight is 580 g/mol. The van der Waals surface area contributed by atoms with E-state index in [2.05, 4.69) is 15.6 Å². The Morgan fingerprint density at radius 2 is 1.83 bits per heavy atom. The topological polar surface area (TPSA) is 133 Å². The fourth-order valence-electron chi connectivity index (χ4n) is 4.48. The number of ether oxygens (including phenoxy) is 2. The molecule has 0 radical (unpaired) electrons. The van der Waals surface area contributed by atoms with Crippen LogP contribution in [0.1, 0.15) is 28.5 Å². The Bertz CT molecular complexity index is 1420. The summed E-state index contributed by atoms with van der Waals surface area (Å²) < 4.78 is 67.7. The molecule has 0 saturated carbocycles. The van der Waals surface area contributed by atoms with Gasteiger partial charge in [0.25, 0.3) is 5.91 Å². The minimum atomic E-state index is -5.29. The molecule has 220 valence electrons. The maximum absolute atomic E-state index is 14.5. The van der Waals surface area contributed by atoms with Gasteiger partial charge in [0.1, 0.15) is 12.4 Å². The van der Waals surface area contributed by atoms with Crippen molar-refractivity contribution >= 4 is 11.6 Å². The van der Waals surface area contributed by atoms with Gasteiger partial charge in [-0.2, -0.15) is 13.2 Å². The number of rotatable bonds is 10. The number of hydrogen-bond acceptors (Lipinski definition) is 8. The maximum atomic E-state index is 14.5. The molecule has 1 aliphatic rings. The number of fused-ring (bicyclic) bond motifs is 1. The van der Waals surface area contributed by atoms with Crippen molar-refractivity contribution < 1.29 is 47.1 Å². The summed E-state index contributed by atoms with van der Waals surface area (Å²) >= 11 is 0. The summed E-state index contributed by atoms with van der Waals surface area (Å²) in [5, 5.41) is 35.3. The molecule has 41 heavy (non-hydrogen) atoms. The van der Waals surface area contributed by atoms with Gasteiger partial charge in [0.2, 0.25) is 5.60 Å². The number of halogens is 4. The van der Waals surface area contributed by atoms with Gasteiger partial charge in [-0.3, -0.25) is 4.79 Å². The zero-order valence-electron chi connectivity index (χ0n) is 22.2. The van der Waals surface area contributed by atoms with E-state index in [1.807, 2.05) is 0 Å². The number of aliphatic hydroxyl groups is 3. The third-order valence-electron chi connectivity index (χ3n) is 6.96. The molecule has 1 aliphatic heterocycles. The molecule has 2 atom stereocenters. The highest BCUT2D eigenvalue weighted by Gasteiger charge is 2.57. The molecule has 1 aromatic heterocycles. The minimum Gasteiger partial charge on any atom is -0.493 e. The fraction of sp³-hybridized carbons (Fsp3) is 0.357. The van der Waals surface area contributed by atoms with Gasteiger partial charge in [-0.05, 0) is 54.1 Å². The second-order valence-electron chi connectivity index (χ2n) is 9.84. The van der Waals surface area contributed by atoms with E-state index in [0.29, 0.717) is 5.69 Å². The molecule has 2 aromatic carbocycles. The lowest BCUT2D eigenvalue weighted by Crippen LogP contribution is -2.51. The van der Waals surface area contributed by atoms with Crippen LogP contribution < -0.4 is 20.1 Å². The first kappa shape index (κ1) is 30.0. The van der Waals surface area contributed by atoms with Crippen LogP contribution >= 0.6 is 0 Å². The summed E-state index contributed by atoms with van der Waals surface area (Å²) in [6.07, 6.45) is -5.29. The first-order valence-electron chi connectivity index (χ1n) is 12.5. The standard InChI is InChI=1S/C28H29F4N3O6/c1-26(15-37)13-33-24-19(26)12-22(35-23(24)16-3-6-18(29)7-4-16)27(39,28(30,31)32)14-34-25(38)17-5-8-20(41-10-9-36)21(11-17)40-2/h3-8,11-12,33,36-37,39H,9-10,13-15H2,1-2H3,(H,34,38)/t26-,27+/m1/s1. The number of carbonyl (C=O) groups excluding carboxylic acids is 1. The summed E-state index contributed by atoms with van der Waals surface area (Å²) in [6, 6.07) is 9.89. The third-order valence-corrected chi connectivity index (χ3v) is 6.96. The predicted octanol–water partition coefficient (Wildman–Crippen LogP) is 3.12. The molecule has 0 aliphatic carbocycles. The number of nitrogens with zero attached hydrogens (tertiary/aromatic N) is 1. The maximum Gasteiger partial charge on any atom is 0.424 e. The molecule has 0 spiro atoms. The molecule has 0 saturated heterocycles. The number of hydrogen-bond donors (Lipinski definition) is 5. The van der Waals surface area contributed by atoms with Crippen molar-refractivity contribution in [1.29, 1.82) is 0 Å². The second-order valence-corrected chi connectivity index (χ2v) is 9.84. The van der Waals surface area contributed by atoms with Crippen LogP contribution in [-0.4, -0.2) is 72.4 Å². The van der Waals surface area contributed by atoms with E-state index in [9.17, 15) is 32.6 Å². The molecule has 3 aromatic rings. The van der Waals surface area contributed by atoms with Crippen LogP contribution in [0.3, 0.4) is 0 Å². The van der Waals surface area contributed by atoms with E-state index in [1.54, 1.807) is 6.92 Å². The van der Waals surface area contributed by atoms with Crippen LogP contribution in [0, 0.1) is 5.82 Å². The van der Waals surface area contributed by atoms with Gasteiger partial charge in [0.05, 0.1) is 43.9 Å². The number of aliphatic hydroxyl groups excluding tert-OH is 2. The van der Waals surface area contributed by atoms with Gasteiger partial charge in [0, 0.05) is 23.1 Å². The van der Waals surface area contributed by atoms with Gasteiger partial charge in [-0.15, -0.1) is 0 Å². The second kappa shape index (κ2) is 11.5. The Hall–Kier alpha value is -3.94. The van der Waals surface area contributed by atoms with Gasteiger partial charge in [-0.1, -0.05) is 6.92 Å². The zero-order valence-corrected chi connectivity index (χ0v) is 22.2. The molecule has 1 amide bonds. The van der Waals surface area contributed by atoms with Crippen molar-refractivity contribution in [2.24, 2.45) is 0 Å². The number of carbonyl (C=O) groups is 1. The largest absolute Gasteiger partial charge is 0.493 e. The van der Waals surface area contributed by atoms with Crippen molar-refractivity contribution in [1.82, 2.24) is 10.3 Å². The average Bonchev–Trinajstić information content (AvgIpc) is 3.30. The van der Waals surface area contributed by atoms with Crippen molar-refractivity contribution in [2.75, 3.05) is 45.3 Å². The smallest absolute Gasteiger partial charge is 0.424 e. The number of aromatic nitrogens is 1. The normalized spacial score (nSPS) is 17.8.